The Kier molecular flexibility index (Phi) is 5.46. The smallest absolute Gasteiger partial charge is 0.140 e. The molecule has 1 aliphatic heterocycles. The highest BCUT2D eigenvalue weighted by Gasteiger charge is 2.26. The van der Waals surface area contributed by atoms with Crippen LogP contribution in [0.2, 0.25) is 0 Å². The molecule has 128 valence electrons. The van der Waals surface area contributed by atoms with Gasteiger partial charge in [-0.2, -0.15) is 0 Å². The van der Waals surface area contributed by atoms with Crippen LogP contribution in [-0.4, -0.2) is 29.0 Å². The number of hydrogen-bond acceptors (Lipinski definition) is 3. The summed E-state index contributed by atoms with van der Waals surface area (Å²) in [5.74, 6) is 0.898. The van der Waals surface area contributed by atoms with Gasteiger partial charge in [-0.3, -0.25) is 0 Å². The molecule has 0 bridgehead atoms. The zero-order valence-corrected chi connectivity index (χ0v) is 14.7. The Hall–Kier alpha value is -2.65. The molecule has 0 saturated heterocycles. The molecule has 3 rings (SSSR count). The minimum Gasteiger partial charge on any atom is -0.396 e. The van der Waals surface area contributed by atoms with Crippen molar-refractivity contribution in [3.05, 3.63) is 89.6 Å². The van der Waals surface area contributed by atoms with Crippen molar-refractivity contribution in [3.63, 3.8) is 0 Å². The topological polar surface area (TPSA) is 35.8 Å². The quantitative estimate of drug-likeness (QED) is 0.847. The second kappa shape index (κ2) is 7.95. The van der Waals surface area contributed by atoms with Gasteiger partial charge < -0.3 is 10.0 Å². The van der Waals surface area contributed by atoms with Gasteiger partial charge in [0, 0.05) is 35.5 Å². The summed E-state index contributed by atoms with van der Waals surface area (Å²) in [7, 11) is 0. The van der Waals surface area contributed by atoms with E-state index in [0.717, 1.165) is 40.4 Å². The molecule has 0 radical (unpaired) electrons. The molecule has 2 aromatic rings. The number of amidine groups is 1. The molecule has 0 aliphatic carbocycles. The Morgan fingerprint density at radius 3 is 2.12 bits per heavy atom. The van der Waals surface area contributed by atoms with E-state index < -0.39 is 0 Å². The van der Waals surface area contributed by atoms with Crippen molar-refractivity contribution in [2.24, 2.45) is 4.99 Å². The maximum Gasteiger partial charge on any atom is 0.140 e. The van der Waals surface area contributed by atoms with Crippen molar-refractivity contribution in [1.82, 2.24) is 4.90 Å². The van der Waals surface area contributed by atoms with E-state index in [1.54, 1.807) is 0 Å². The van der Waals surface area contributed by atoms with Crippen molar-refractivity contribution in [2.45, 2.75) is 19.8 Å². The van der Waals surface area contributed by atoms with E-state index in [0.29, 0.717) is 13.0 Å². The summed E-state index contributed by atoms with van der Waals surface area (Å²) in [6.07, 6.45) is 1.55. The van der Waals surface area contributed by atoms with Gasteiger partial charge in [0.1, 0.15) is 5.84 Å². The third kappa shape index (κ3) is 3.57. The van der Waals surface area contributed by atoms with Crippen molar-refractivity contribution >= 4 is 11.5 Å². The van der Waals surface area contributed by atoms with Gasteiger partial charge in [-0.1, -0.05) is 74.2 Å². The van der Waals surface area contributed by atoms with Crippen molar-refractivity contribution < 1.29 is 5.11 Å². The molecule has 0 saturated carbocycles. The molecule has 0 spiro atoms. The van der Waals surface area contributed by atoms with Gasteiger partial charge in [0.05, 0.1) is 5.70 Å². The predicted octanol–water partition coefficient (Wildman–Crippen LogP) is 4.47. The second-order valence-corrected chi connectivity index (χ2v) is 6.02. The normalized spacial score (nSPS) is 14.7. The molecule has 0 atom stereocenters. The first-order chi connectivity index (χ1) is 12.3. The summed E-state index contributed by atoms with van der Waals surface area (Å²) in [5, 5.41) is 9.28. The van der Waals surface area contributed by atoms with Gasteiger partial charge in [-0.25, -0.2) is 4.99 Å². The number of hydrogen-bond donors (Lipinski definition) is 1. The molecule has 1 N–H and O–H groups in total. The highest BCUT2D eigenvalue weighted by Crippen LogP contribution is 2.34. The van der Waals surface area contributed by atoms with Crippen LogP contribution in [0, 0.1) is 0 Å². The molecule has 1 aliphatic rings. The first-order valence-corrected chi connectivity index (χ1v) is 8.76. The van der Waals surface area contributed by atoms with Crippen LogP contribution >= 0.6 is 0 Å². The Morgan fingerprint density at radius 1 is 0.960 bits per heavy atom. The van der Waals surface area contributed by atoms with E-state index in [1.165, 1.54) is 0 Å². The van der Waals surface area contributed by atoms with Gasteiger partial charge in [0.2, 0.25) is 0 Å². The lowest BCUT2D eigenvalue weighted by Gasteiger charge is -2.34. The van der Waals surface area contributed by atoms with Crippen molar-refractivity contribution in [2.75, 3.05) is 13.2 Å². The van der Waals surface area contributed by atoms with Gasteiger partial charge in [0.15, 0.2) is 0 Å². The number of allylic oxidation sites excluding steroid dienone is 1. The van der Waals surface area contributed by atoms with Gasteiger partial charge in [-0.05, 0) is 12.8 Å². The zero-order valence-electron chi connectivity index (χ0n) is 14.7. The molecule has 0 aromatic heterocycles. The van der Waals surface area contributed by atoms with Crippen molar-refractivity contribution in [1.29, 1.82) is 0 Å². The molecule has 25 heavy (non-hydrogen) atoms. The number of aliphatic hydroxyl groups is 1. The van der Waals surface area contributed by atoms with E-state index in [9.17, 15) is 5.11 Å². The number of benzene rings is 2. The lowest BCUT2D eigenvalue weighted by atomic mass is 9.98. The highest BCUT2D eigenvalue weighted by atomic mass is 16.3. The zero-order chi connectivity index (χ0) is 17.6. The largest absolute Gasteiger partial charge is 0.396 e. The summed E-state index contributed by atoms with van der Waals surface area (Å²) < 4.78 is 0. The molecule has 0 fully saturated rings. The average Bonchev–Trinajstić information content (AvgIpc) is 2.67. The third-order valence-corrected chi connectivity index (χ3v) is 4.41. The molecular weight excluding hydrogens is 308 g/mol. The Bertz CT molecular complexity index is 791. The monoisotopic (exact) mass is 332 g/mol. The van der Waals surface area contributed by atoms with Crippen LogP contribution < -0.4 is 0 Å². The molecule has 1 heterocycles. The molecule has 0 amide bonds. The Labute approximate surface area is 149 Å². The van der Waals surface area contributed by atoms with Crippen molar-refractivity contribution in [3.8, 4) is 0 Å². The van der Waals surface area contributed by atoms with Crippen LogP contribution in [0.1, 0.15) is 30.9 Å². The van der Waals surface area contributed by atoms with Crippen LogP contribution in [0.15, 0.2) is 83.5 Å². The summed E-state index contributed by atoms with van der Waals surface area (Å²) >= 11 is 0. The number of rotatable bonds is 6. The van der Waals surface area contributed by atoms with Gasteiger partial charge >= 0.3 is 0 Å². The van der Waals surface area contributed by atoms with E-state index in [1.807, 2.05) is 36.4 Å². The molecular formula is C22H24N2O. The molecule has 0 unspecified atom stereocenters. The maximum absolute atomic E-state index is 9.28. The first-order valence-electron chi connectivity index (χ1n) is 8.76. The fourth-order valence-corrected chi connectivity index (χ4v) is 3.14. The van der Waals surface area contributed by atoms with Crippen LogP contribution in [0.5, 0.6) is 0 Å². The Morgan fingerprint density at radius 2 is 1.56 bits per heavy atom. The average molecular weight is 332 g/mol. The summed E-state index contributed by atoms with van der Waals surface area (Å²) in [5.41, 5.74) is 5.29. The molecule has 3 nitrogen and oxygen atoms in total. The second-order valence-electron chi connectivity index (χ2n) is 6.02. The number of aliphatic imine (C=N–C) groups is 1. The minimum absolute atomic E-state index is 0.155. The summed E-state index contributed by atoms with van der Waals surface area (Å²) in [6.45, 7) is 7.35. The molecule has 3 heteroatoms. The van der Waals surface area contributed by atoms with E-state index in [2.05, 4.69) is 42.7 Å². The van der Waals surface area contributed by atoms with Gasteiger partial charge in [0.25, 0.3) is 0 Å². The standard InChI is InChI=1S/C22H24N2O/c1-3-20-17(2)24(15-10-16-25)22(19-13-8-5-9-14-19)23-21(20)18-11-6-4-7-12-18/h4-9,11-14,25H,2-3,10,15-16H2,1H3. The van der Waals surface area contributed by atoms with E-state index >= 15 is 0 Å². The molecule has 2 aromatic carbocycles. The van der Waals surface area contributed by atoms with Crippen LogP contribution in [0.4, 0.5) is 0 Å². The summed E-state index contributed by atoms with van der Waals surface area (Å²) in [4.78, 5) is 7.17. The van der Waals surface area contributed by atoms with E-state index in [-0.39, 0.29) is 6.61 Å². The number of nitrogens with zero attached hydrogens (tertiary/aromatic N) is 2. The first kappa shape index (κ1) is 17.2. The number of aliphatic hydroxyl groups excluding tert-OH is 1. The Balaban J connectivity index is 2.14. The van der Waals surface area contributed by atoms with Gasteiger partial charge in [-0.15, -0.1) is 0 Å². The summed E-state index contributed by atoms with van der Waals surface area (Å²) in [6, 6.07) is 20.4. The predicted molar refractivity (Wildman–Crippen MR) is 104 cm³/mol. The third-order valence-electron chi connectivity index (χ3n) is 4.41. The maximum atomic E-state index is 9.28. The SMILES string of the molecule is C=C1C(CC)=C(c2ccccc2)N=C(c2ccccc2)N1CCCO. The van der Waals surface area contributed by atoms with Crippen LogP contribution in [0.25, 0.3) is 5.70 Å². The van der Waals surface area contributed by atoms with E-state index in [4.69, 9.17) is 4.99 Å². The lowest BCUT2D eigenvalue weighted by Crippen LogP contribution is -2.35. The fraction of sp³-hybridized carbons (Fsp3) is 0.227. The highest BCUT2D eigenvalue weighted by molar-refractivity contribution is 6.05. The van der Waals surface area contributed by atoms with Crippen LogP contribution in [0.3, 0.4) is 0 Å². The lowest BCUT2D eigenvalue weighted by molar-refractivity contribution is 0.275. The minimum atomic E-state index is 0.155. The van der Waals surface area contributed by atoms with Crippen LogP contribution in [-0.2, 0) is 0 Å². The fourth-order valence-electron chi connectivity index (χ4n) is 3.14.